The largest absolute Gasteiger partial charge is 0.459 e. The number of aliphatic hydroxyl groups excluding tert-OH is 1. The van der Waals surface area contributed by atoms with E-state index in [1.807, 2.05) is 31.2 Å². The lowest BCUT2D eigenvalue weighted by Gasteiger charge is -2.37. The van der Waals surface area contributed by atoms with Gasteiger partial charge in [0, 0.05) is 0 Å². The summed E-state index contributed by atoms with van der Waals surface area (Å²) in [4.78, 5) is 12.5. The van der Waals surface area contributed by atoms with Crippen molar-refractivity contribution in [1.29, 1.82) is 0 Å². The van der Waals surface area contributed by atoms with Gasteiger partial charge in [0.05, 0.1) is 5.57 Å². The number of carbonyl (C=O) groups excluding carboxylic acids is 1. The smallest absolute Gasteiger partial charge is 0.336 e. The Balaban J connectivity index is 2.04. The molecule has 1 aromatic carbocycles. The van der Waals surface area contributed by atoms with E-state index in [9.17, 15) is 9.90 Å². The molecule has 0 aromatic heterocycles. The van der Waals surface area contributed by atoms with Gasteiger partial charge in [0.2, 0.25) is 0 Å². The van der Waals surface area contributed by atoms with Crippen LogP contribution >= 0.6 is 0 Å². The van der Waals surface area contributed by atoms with Crippen molar-refractivity contribution in [1.82, 2.24) is 0 Å². The molecule has 1 aromatic rings. The molecule has 132 valence electrons. The molecule has 0 radical (unpaired) electrons. The van der Waals surface area contributed by atoms with Crippen LogP contribution in [-0.4, -0.2) is 17.2 Å². The van der Waals surface area contributed by atoms with E-state index in [0.29, 0.717) is 23.3 Å². The highest BCUT2D eigenvalue weighted by Crippen LogP contribution is 2.36. The minimum absolute atomic E-state index is 0.0804. The number of aliphatic hydroxyl groups is 1. The summed E-state index contributed by atoms with van der Waals surface area (Å²) in [5.74, 6) is 0.945. The first-order chi connectivity index (χ1) is 11.3. The number of benzene rings is 1. The molecule has 0 spiro atoms. The molecular weight excluding hydrogens is 300 g/mol. The summed E-state index contributed by atoms with van der Waals surface area (Å²) in [5.41, 5.74) is 1.88. The van der Waals surface area contributed by atoms with Crippen molar-refractivity contribution in [2.24, 2.45) is 17.8 Å². The molecule has 0 unspecified atom stereocenters. The van der Waals surface area contributed by atoms with Crippen LogP contribution in [0.3, 0.4) is 0 Å². The second kappa shape index (κ2) is 7.98. The van der Waals surface area contributed by atoms with Crippen molar-refractivity contribution in [3.8, 4) is 0 Å². The van der Waals surface area contributed by atoms with Gasteiger partial charge in [-0.15, -0.1) is 0 Å². The molecular formula is C21H30O3. The lowest BCUT2D eigenvalue weighted by atomic mass is 9.75. The second-order valence-corrected chi connectivity index (χ2v) is 7.61. The Morgan fingerprint density at radius 1 is 1.25 bits per heavy atom. The van der Waals surface area contributed by atoms with Crippen molar-refractivity contribution < 1.29 is 14.6 Å². The van der Waals surface area contributed by atoms with Crippen LogP contribution in [0.4, 0.5) is 0 Å². The van der Waals surface area contributed by atoms with Gasteiger partial charge >= 0.3 is 5.97 Å². The van der Waals surface area contributed by atoms with Crippen LogP contribution in [0.25, 0.3) is 0 Å². The highest BCUT2D eigenvalue weighted by Gasteiger charge is 2.34. The predicted molar refractivity (Wildman–Crippen MR) is 96.5 cm³/mol. The Morgan fingerprint density at radius 3 is 2.46 bits per heavy atom. The lowest BCUT2D eigenvalue weighted by Crippen LogP contribution is -2.36. The first-order valence-electron chi connectivity index (χ1n) is 8.94. The number of esters is 1. The second-order valence-electron chi connectivity index (χ2n) is 7.61. The van der Waals surface area contributed by atoms with Gasteiger partial charge in [-0.1, -0.05) is 63.6 Å². The van der Waals surface area contributed by atoms with Gasteiger partial charge < -0.3 is 9.84 Å². The van der Waals surface area contributed by atoms with Crippen LogP contribution in [-0.2, 0) is 9.53 Å². The van der Waals surface area contributed by atoms with Crippen molar-refractivity contribution >= 4 is 5.97 Å². The average Bonchev–Trinajstić information content (AvgIpc) is 2.54. The Hall–Kier alpha value is -1.61. The SMILES string of the molecule is C=C(C(=O)O[C@@H]1C[C@H](C)CC[C@@H]1C(C)C)[C@H](O)c1ccc(C)cc1. The predicted octanol–water partition coefficient (Wildman–Crippen LogP) is 4.59. The van der Waals surface area contributed by atoms with Gasteiger partial charge in [0.15, 0.2) is 0 Å². The van der Waals surface area contributed by atoms with Crippen molar-refractivity contribution in [3.63, 3.8) is 0 Å². The Kier molecular flexibility index (Phi) is 6.22. The van der Waals surface area contributed by atoms with Crippen LogP contribution in [0.15, 0.2) is 36.4 Å². The highest BCUT2D eigenvalue weighted by atomic mass is 16.5. The molecule has 24 heavy (non-hydrogen) atoms. The number of hydrogen-bond acceptors (Lipinski definition) is 3. The zero-order chi connectivity index (χ0) is 17.9. The fraction of sp³-hybridized carbons (Fsp3) is 0.571. The summed E-state index contributed by atoms with van der Waals surface area (Å²) in [6, 6.07) is 7.46. The monoisotopic (exact) mass is 330 g/mol. The molecule has 2 rings (SSSR count). The van der Waals surface area contributed by atoms with Crippen molar-refractivity contribution in [2.75, 3.05) is 0 Å². The summed E-state index contributed by atoms with van der Waals surface area (Å²) in [5, 5.41) is 10.4. The minimum Gasteiger partial charge on any atom is -0.459 e. The molecule has 0 bridgehead atoms. The molecule has 0 saturated heterocycles. The maximum absolute atomic E-state index is 12.5. The summed E-state index contributed by atoms with van der Waals surface area (Å²) < 4.78 is 5.77. The van der Waals surface area contributed by atoms with Crippen LogP contribution in [0.1, 0.15) is 57.3 Å². The Bertz CT molecular complexity index is 573. The van der Waals surface area contributed by atoms with E-state index in [1.54, 1.807) is 0 Å². The summed E-state index contributed by atoms with van der Waals surface area (Å²) in [7, 11) is 0. The number of carbonyl (C=O) groups is 1. The van der Waals surface area contributed by atoms with E-state index >= 15 is 0 Å². The molecule has 0 aliphatic heterocycles. The quantitative estimate of drug-likeness (QED) is 0.634. The molecule has 3 nitrogen and oxygen atoms in total. The maximum Gasteiger partial charge on any atom is 0.336 e. The van der Waals surface area contributed by atoms with Crippen molar-refractivity contribution in [3.05, 3.63) is 47.5 Å². The van der Waals surface area contributed by atoms with Gasteiger partial charge in [-0.05, 0) is 43.1 Å². The Labute approximate surface area is 145 Å². The van der Waals surface area contributed by atoms with Crippen LogP contribution < -0.4 is 0 Å². The van der Waals surface area contributed by atoms with Crippen molar-refractivity contribution in [2.45, 2.75) is 59.2 Å². The zero-order valence-corrected chi connectivity index (χ0v) is 15.3. The van der Waals surface area contributed by atoms with Crippen LogP contribution in [0.5, 0.6) is 0 Å². The minimum atomic E-state index is -1.02. The van der Waals surface area contributed by atoms with E-state index in [2.05, 4.69) is 27.4 Å². The summed E-state index contributed by atoms with van der Waals surface area (Å²) in [6.45, 7) is 12.3. The van der Waals surface area contributed by atoms with Gasteiger partial charge in [-0.25, -0.2) is 4.79 Å². The van der Waals surface area contributed by atoms with Gasteiger partial charge in [0.25, 0.3) is 0 Å². The standard InChI is InChI=1S/C21H30O3/c1-13(2)18-11-8-15(4)12-19(18)24-21(23)16(5)20(22)17-9-6-14(3)7-10-17/h6-7,9-10,13,15,18-20,22H,5,8,11-12H2,1-4H3/t15-,18-,19-,20+/m1/s1. The normalized spacial score (nSPS) is 25.3. The maximum atomic E-state index is 12.5. The number of rotatable bonds is 5. The third-order valence-corrected chi connectivity index (χ3v) is 5.21. The number of hydrogen-bond donors (Lipinski definition) is 1. The number of aryl methyl sites for hydroxylation is 1. The van der Waals surface area contributed by atoms with Crippen LogP contribution in [0, 0.1) is 24.7 Å². The molecule has 0 amide bonds. The average molecular weight is 330 g/mol. The molecule has 0 heterocycles. The fourth-order valence-electron chi connectivity index (χ4n) is 3.52. The summed E-state index contributed by atoms with van der Waals surface area (Å²) in [6.07, 6.45) is 2.07. The molecule has 4 atom stereocenters. The molecule has 1 saturated carbocycles. The molecule has 1 N–H and O–H groups in total. The first-order valence-corrected chi connectivity index (χ1v) is 8.94. The van der Waals surface area contributed by atoms with E-state index in [1.165, 1.54) is 6.42 Å². The van der Waals surface area contributed by atoms with E-state index in [4.69, 9.17) is 4.74 Å². The Morgan fingerprint density at radius 2 is 1.88 bits per heavy atom. The molecule has 1 aliphatic carbocycles. The third-order valence-electron chi connectivity index (χ3n) is 5.21. The molecule has 1 fully saturated rings. The van der Waals surface area contributed by atoms with Gasteiger partial charge in [-0.3, -0.25) is 0 Å². The molecule has 3 heteroatoms. The fourth-order valence-corrected chi connectivity index (χ4v) is 3.52. The van der Waals surface area contributed by atoms with Crippen LogP contribution in [0.2, 0.25) is 0 Å². The summed E-state index contributed by atoms with van der Waals surface area (Å²) >= 11 is 0. The first kappa shape index (κ1) is 18.7. The zero-order valence-electron chi connectivity index (χ0n) is 15.3. The van der Waals surface area contributed by atoms with E-state index in [-0.39, 0.29) is 11.7 Å². The third kappa shape index (κ3) is 4.47. The van der Waals surface area contributed by atoms with Gasteiger partial charge in [0.1, 0.15) is 12.2 Å². The highest BCUT2D eigenvalue weighted by molar-refractivity contribution is 5.89. The van der Waals surface area contributed by atoms with Gasteiger partial charge in [-0.2, -0.15) is 0 Å². The van der Waals surface area contributed by atoms with E-state index in [0.717, 1.165) is 18.4 Å². The lowest BCUT2D eigenvalue weighted by molar-refractivity contribution is -0.152. The topological polar surface area (TPSA) is 46.5 Å². The number of ether oxygens (including phenoxy) is 1. The molecule has 1 aliphatic rings. The van der Waals surface area contributed by atoms with E-state index < -0.39 is 12.1 Å².